The molecule has 1 unspecified atom stereocenters. The molecule has 0 radical (unpaired) electrons. The van der Waals surface area contributed by atoms with Crippen molar-refractivity contribution in [2.24, 2.45) is 0 Å². The van der Waals surface area contributed by atoms with Crippen LogP contribution in [0.25, 0.3) is 0 Å². The number of carbonyl (C=O) groups is 1. The molecular formula is C13H18BrNO. The van der Waals surface area contributed by atoms with Gasteiger partial charge in [-0.1, -0.05) is 46.3 Å². The molecular weight excluding hydrogens is 266 g/mol. The lowest BCUT2D eigenvalue weighted by Gasteiger charge is -2.12. The van der Waals surface area contributed by atoms with Crippen LogP contribution in [0.3, 0.4) is 0 Å². The predicted octanol–water partition coefficient (Wildman–Crippen LogP) is 2.91. The van der Waals surface area contributed by atoms with Gasteiger partial charge in [0.1, 0.15) is 0 Å². The molecule has 1 aromatic carbocycles. The first-order valence-corrected chi connectivity index (χ1v) is 6.73. The van der Waals surface area contributed by atoms with Gasteiger partial charge in [0.25, 0.3) is 0 Å². The zero-order valence-corrected chi connectivity index (χ0v) is 11.2. The molecule has 0 fully saturated rings. The third kappa shape index (κ3) is 5.31. The number of alkyl halides is 1. The Labute approximate surface area is 106 Å². The van der Waals surface area contributed by atoms with Gasteiger partial charge in [-0.2, -0.15) is 0 Å². The third-order valence-electron chi connectivity index (χ3n) is 2.43. The quantitative estimate of drug-likeness (QED) is 0.800. The fourth-order valence-corrected chi connectivity index (χ4v) is 2.17. The van der Waals surface area contributed by atoms with Crippen molar-refractivity contribution >= 4 is 21.8 Å². The highest BCUT2D eigenvalue weighted by atomic mass is 79.9. The lowest BCUT2D eigenvalue weighted by atomic mass is 10.1. The fraction of sp³-hybridized carbons (Fsp3) is 0.462. The summed E-state index contributed by atoms with van der Waals surface area (Å²) in [5, 5.41) is 3.91. The van der Waals surface area contributed by atoms with Gasteiger partial charge in [-0.05, 0) is 25.3 Å². The Bertz CT molecular complexity index is 313. The largest absolute Gasteiger partial charge is 0.354 e. The summed E-state index contributed by atoms with van der Waals surface area (Å²) in [6.07, 6.45) is 2.35. The summed E-state index contributed by atoms with van der Waals surface area (Å²) in [4.78, 5) is 11.6. The minimum Gasteiger partial charge on any atom is -0.354 e. The minimum atomic E-state index is 0.136. The van der Waals surface area contributed by atoms with Gasteiger partial charge in [0.2, 0.25) is 5.91 Å². The summed E-state index contributed by atoms with van der Waals surface area (Å²) >= 11 is 3.36. The molecule has 0 saturated heterocycles. The number of nitrogens with one attached hydrogen (secondary N) is 1. The molecule has 16 heavy (non-hydrogen) atoms. The Kier molecular flexibility index (Phi) is 6.16. The van der Waals surface area contributed by atoms with Crippen molar-refractivity contribution < 1.29 is 4.79 Å². The van der Waals surface area contributed by atoms with E-state index in [1.54, 1.807) is 0 Å². The second-order valence-corrected chi connectivity index (χ2v) is 4.72. The number of benzene rings is 1. The molecule has 1 amide bonds. The summed E-state index contributed by atoms with van der Waals surface area (Å²) in [5.41, 5.74) is 1.21. The first-order valence-electron chi connectivity index (χ1n) is 5.61. The van der Waals surface area contributed by atoms with Gasteiger partial charge in [0.05, 0.1) is 0 Å². The van der Waals surface area contributed by atoms with Crippen molar-refractivity contribution in [1.82, 2.24) is 5.32 Å². The maximum absolute atomic E-state index is 11.6. The van der Waals surface area contributed by atoms with Crippen LogP contribution in [0.15, 0.2) is 30.3 Å². The highest BCUT2D eigenvalue weighted by Crippen LogP contribution is 2.03. The van der Waals surface area contributed by atoms with Crippen LogP contribution in [-0.2, 0) is 11.2 Å². The van der Waals surface area contributed by atoms with Gasteiger partial charge in [-0.3, -0.25) is 4.79 Å². The summed E-state index contributed by atoms with van der Waals surface area (Å²) in [6.45, 7) is 2.03. The Morgan fingerprint density at radius 1 is 1.38 bits per heavy atom. The van der Waals surface area contributed by atoms with Gasteiger partial charge in [0, 0.05) is 17.8 Å². The van der Waals surface area contributed by atoms with Crippen LogP contribution in [0, 0.1) is 0 Å². The highest BCUT2D eigenvalue weighted by molar-refractivity contribution is 9.09. The smallest absolute Gasteiger partial charge is 0.220 e. The number of amides is 1. The summed E-state index contributed by atoms with van der Waals surface area (Å²) in [5.74, 6) is 0.136. The molecule has 0 heterocycles. The molecule has 0 aliphatic heterocycles. The minimum absolute atomic E-state index is 0.136. The van der Waals surface area contributed by atoms with Crippen molar-refractivity contribution in [2.45, 2.75) is 32.2 Å². The lowest BCUT2D eigenvalue weighted by molar-refractivity contribution is -0.121. The van der Waals surface area contributed by atoms with Crippen molar-refractivity contribution in [3.05, 3.63) is 35.9 Å². The molecule has 3 heteroatoms. The van der Waals surface area contributed by atoms with Gasteiger partial charge < -0.3 is 5.32 Å². The van der Waals surface area contributed by atoms with Crippen LogP contribution in [0.4, 0.5) is 0 Å². The van der Waals surface area contributed by atoms with Crippen LogP contribution in [0.5, 0.6) is 0 Å². The first kappa shape index (κ1) is 13.2. The summed E-state index contributed by atoms with van der Waals surface area (Å²) < 4.78 is 0. The third-order valence-corrected chi connectivity index (χ3v) is 2.89. The lowest BCUT2D eigenvalue weighted by Crippen LogP contribution is -2.32. The van der Waals surface area contributed by atoms with E-state index >= 15 is 0 Å². The van der Waals surface area contributed by atoms with Gasteiger partial charge >= 0.3 is 0 Å². The fourth-order valence-electron chi connectivity index (χ4n) is 1.49. The first-order chi connectivity index (χ1) is 7.72. The Hall–Kier alpha value is -0.830. The SMILES string of the molecule is CC(CCBr)NC(=O)CCc1ccccc1. The summed E-state index contributed by atoms with van der Waals surface area (Å²) in [6, 6.07) is 10.3. The second kappa shape index (κ2) is 7.44. The van der Waals surface area contributed by atoms with Crippen molar-refractivity contribution in [1.29, 1.82) is 0 Å². The van der Waals surface area contributed by atoms with Crippen LogP contribution in [0.2, 0.25) is 0 Å². The van der Waals surface area contributed by atoms with E-state index in [1.807, 2.05) is 25.1 Å². The van der Waals surface area contributed by atoms with E-state index in [-0.39, 0.29) is 11.9 Å². The Balaban J connectivity index is 2.25. The van der Waals surface area contributed by atoms with Crippen LogP contribution >= 0.6 is 15.9 Å². The molecule has 0 saturated carbocycles. The van der Waals surface area contributed by atoms with E-state index in [2.05, 4.69) is 33.4 Å². The van der Waals surface area contributed by atoms with Gasteiger partial charge in [0.15, 0.2) is 0 Å². The van der Waals surface area contributed by atoms with Crippen LogP contribution in [0.1, 0.15) is 25.3 Å². The molecule has 1 rings (SSSR count). The topological polar surface area (TPSA) is 29.1 Å². The standard InChI is InChI=1S/C13H18BrNO/c1-11(9-10-14)15-13(16)8-7-12-5-3-2-4-6-12/h2-6,11H,7-10H2,1H3,(H,15,16). The van der Waals surface area contributed by atoms with Crippen molar-refractivity contribution in [3.63, 3.8) is 0 Å². The zero-order chi connectivity index (χ0) is 11.8. The molecule has 0 bridgehead atoms. The van der Waals surface area contributed by atoms with Gasteiger partial charge in [-0.25, -0.2) is 0 Å². The zero-order valence-electron chi connectivity index (χ0n) is 9.58. The number of carbonyl (C=O) groups excluding carboxylic acids is 1. The second-order valence-electron chi connectivity index (χ2n) is 3.93. The number of halogens is 1. The number of aryl methyl sites for hydroxylation is 1. The Morgan fingerprint density at radius 3 is 2.69 bits per heavy atom. The molecule has 2 nitrogen and oxygen atoms in total. The van der Waals surface area contributed by atoms with Gasteiger partial charge in [-0.15, -0.1) is 0 Å². The van der Waals surface area contributed by atoms with E-state index < -0.39 is 0 Å². The average Bonchev–Trinajstić information content (AvgIpc) is 2.28. The molecule has 88 valence electrons. The van der Waals surface area contributed by atoms with E-state index in [0.717, 1.165) is 18.2 Å². The maximum Gasteiger partial charge on any atom is 0.220 e. The monoisotopic (exact) mass is 283 g/mol. The number of rotatable bonds is 6. The number of hydrogen-bond donors (Lipinski definition) is 1. The van der Waals surface area contributed by atoms with Crippen LogP contribution in [-0.4, -0.2) is 17.3 Å². The van der Waals surface area contributed by atoms with Crippen molar-refractivity contribution in [2.75, 3.05) is 5.33 Å². The van der Waals surface area contributed by atoms with Crippen LogP contribution < -0.4 is 5.32 Å². The molecule has 1 aromatic rings. The predicted molar refractivity (Wildman–Crippen MR) is 70.8 cm³/mol. The summed E-state index contributed by atoms with van der Waals surface area (Å²) in [7, 11) is 0. The normalized spacial score (nSPS) is 12.1. The van der Waals surface area contributed by atoms with E-state index in [1.165, 1.54) is 5.56 Å². The average molecular weight is 284 g/mol. The molecule has 1 atom stereocenters. The van der Waals surface area contributed by atoms with E-state index in [9.17, 15) is 4.79 Å². The molecule has 1 N–H and O–H groups in total. The molecule has 0 aliphatic carbocycles. The van der Waals surface area contributed by atoms with E-state index in [0.29, 0.717) is 6.42 Å². The highest BCUT2D eigenvalue weighted by Gasteiger charge is 2.06. The molecule has 0 aliphatic rings. The van der Waals surface area contributed by atoms with Crippen molar-refractivity contribution in [3.8, 4) is 0 Å². The maximum atomic E-state index is 11.6. The number of hydrogen-bond acceptors (Lipinski definition) is 1. The Morgan fingerprint density at radius 2 is 2.06 bits per heavy atom. The molecule has 0 aromatic heterocycles. The van der Waals surface area contributed by atoms with E-state index in [4.69, 9.17) is 0 Å². The molecule has 0 spiro atoms.